The van der Waals surface area contributed by atoms with E-state index in [0.29, 0.717) is 16.5 Å². The van der Waals surface area contributed by atoms with E-state index in [2.05, 4.69) is 5.32 Å². The van der Waals surface area contributed by atoms with E-state index in [4.69, 9.17) is 5.73 Å². The summed E-state index contributed by atoms with van der Waals surface area (Å²) in [7, 11) is 0. The average Bonchev–Trinajstić information content (AvgIpc) is 2.40. The van der Waals surface area contributed by atoms with E-state index >= 15 is 0 Å². The van der Waals surface area contributed by atoms with Crippen molar-refractivity contribution in [2.45, 2.75) is 31.4 Å². The molecule has 3 N–H and O–H groups in total. The molecular formula is C14H20N2OS. The highest BCUT2D eigenvalue weighted by Gasteiger charge is 2.16. The Morgan fingerprint density at radius 1 is 1.50 bits per heavy atom. The number of hydrogen-bond acceptors (Lipinski definition) is 3. The zero-order valence-corrected chi connectivity index (χ0v) is 11.6. The molecule has 1 heterocycles. The Morgan fingerprint density at radius 2 is 2.33 bits per heavy atom. The monoisotopic (exact) mass is 264 g/mol. The highest BCUT2D eigenvalue weighted by Crippen LogP contribution is 2.24. The predicted octanol–water partition coefficient (Wildman–Crippen LogP) is 2.59. The summed E-state index contributed by atoms with van der Waals surface area (Å²) in [5, 5.41) is 3.59. The first kappa shape index (κ1) is 13.3. The second kappa shape index (κ2) is 6.14. The van der Waals surface area contributed by atoms with Gasteiger partial charge in [-0.2, -0.15) is 11.8 Å². The molecule has 1 fully saturated rings. The third-order valence-corrected chi connectivity index (χ3v) is 4.67. The average molecular weight is 264 g/mol. The van der Waals surface area contributed by atoms with E-state index in [9.17, 15) is 4.79 Å². The Hall–Kier alpha value is -1.16. The molecule has 0 spiro atoms. The van der Waals surface area contributed by atoms with Crippen LogP contribution in [-0.4, -0.2) is 23.5 Å². The van der Waals surface area contributed by atoms with E-state index in [1.165, 1.54) is 25.0 Å². The minimum absolute atomic E-state index is 0.00836. The van der Waals surface area contributed by atoms with Crippen molar-refractivity contribution in [3.8, 4) is 0 Å². The van der Waals surface area contributed by atoms with Crippen LogP contribution in [0.3, 0.4) is 0 Å². The summed E-state index contributed by atoms with van der Waals surface area (Å²) in [6.07, 6.45) is 3.80. The molecule has 1 aromatic carbocycles. The van der Waals surface area contributed by atoms with E-state index in [1.54, 1.807) is 6.07 Å². The second-order valence-electron chi connectivity index (χ2n) is 4.77. The smallest absolute Gasteiger partial charge is 0.251 e. The van der Waals surface area contributed by atoms with Crippen molar-refractivity contribution in [2.24, 2.45) is 0 Å². The van der Waals surface area contributed by atoms with E-state index in [-0.39, 0.29) is 5.91 Å². The fraction of sp³-hybridized carbons (Fsp3) is 0.500. The summed E-state index contributed by atoms with van der Waals surface area (Å²) in [6.45, 7) is 2.70. The third-order valence-electron chi connectivity index (χ3n) is 3.27. The van der Waals surface area contributed by atoms with Gasteiger partial charge in [-0.15, -0.1) is 0 Å². The van der Waals surface area contributed by atoms with Crippen LogP contribution in [-0.2, 0) is 0 Å². The molecule has 0 bridgehead atoms. The Kier molecular flexibility index (Phi) is 4.53. The van der Waals surface area contributed by atoms with Crippen molar-refractivity contribution >= 4 is 23.4 Å². The van der Waals surface area contributed by atoms with Gasteiger partial charge in [-0.3, -0.25) is 4.79 Å². The minimum Gasteiger partial charge on any atom is -0.399 e. The number of thioether (sulfide) groups is 1. The van der Waals surface area contributed by atoms with Crippen LogP contribution in [0.25, 0.3) is 0 Å². The van der Waals surface area contributed by atoms with Crippen LogP contribution in [0.4, 0.5) is 5.69 Å². The largest absolute Gasteiger partial charge is 0.399 e. The summed E-state index contributed by atoms with van der Waals surface area (Å²) in [5.41, 5.74) is 8.02. The van der Waals surface area contributed by atoms with Crippen LogP contribution in [0, 0.1) is 6.92 Å². The molecule has 2 rings (SSSR count). The number of carbonyl (C=O) groups is 1. The van der Waals surface area contributed by atoms with Crippen molar-refractivity contribution in [1.29, 1.82) is 0 Å². The van der Waals surface area contributed by atoms with Gasteiger partial charge in [0.25, 0.3) is 5.91 Å². The lowest BCUT2D eigenvalue weighted by atomic mass is 10.1. The van der Waals surface area contributed by atoms with Crippen molar-refractivity contribution in [1.82, 2.24) is 5.32 Å². The standard InChI is InChI=1S/C14H20N2OS/c1-10-5-6-11(15)8-13(10)14(17)16-9-12-4-2-3-7-18-12/h5-6,8,12H,2-4,7,9,15H2,1H3,(H,16,17). The van der Waals surface area contributed by atoms with Crippen LogP contribution >= 0.6 is 11.8 Å². The molecule has 0 radical (unpaired) electrons. The zero-order valence-electron chi connectivity index (χ0n) is 10.7. The molecule has 1 aromatic rings. The first-order chi connectivity index (χ1) is 8.66. The number of nitrogens with one attached hydrogen (secondary N) is 1. The molecule has 18 heavy (non-hydrogen) atoms. The molecule has 1 aliphatic rings. The second-order valence-corrected chi connectivity index (χ2v) is 6.18. The number of nitrogen functional groups attached to an aromatic ring is 1. The number of hydrogen-bond donors (Lipinski definition) is 2. The molecule has 1 aliphatic heterocycles. The van der Waals surface area contributed by atoms with Crippen LogP contribution < -0.4 is 11.1 Å². The lowest BCUT2D eigenvalue weighted by Gasteiger charge is -2.21. The number of nitrogens with two attached hydrogens (primary N) is 1. The van der Waals surface area contributed by atoms with Crippen molar-refractivity contribution in [3.63, 3.8) is 0 Å². The molecule has 3 nitrogen and oxygen atoms in total. The maximum absolute atomic E-state index is 12.1. The fourth-order valence-electron chi connectivity index (χ4n) is 2.15. The van der Waals surface area contributed by atoms with Crippen LogP contribution in [0.1, 0.15) is 35.2 Å². The summed E-state index contributed by atoms with van der Waals surface area (Å²) < 4.78 is 0. The van der Waals surface area contributed by atoms with Gasteiger partial charge < -0.3 is 11.1 Å². The van der Waals surface area contributed by atoms with Crippen molar-refractivity contribution in [3.05, 3.63) is 29.3 Å². The first-order valence-corrected chi connectivity index (χ1v) is 7.47. The lowest BCUT2D eigenvalue weighted by Crippen LogP contribution is -2.32. The Balaban J connectivity index is 1.92. The minimum atomic E-state index is -0.00836. The normalized spacial score (nSPS) is 19.5. The highest BCUT2D eigenvalue weighted by atomic mass is 32.2. The topological polar surface area (TPSA) is 55.1 Å². The number of benzene rings is 1. The van der Waals surface area contributed by atoms with Gasteiger partial charge in [-0.1, -0.05) is 12.5 Å². The molecule has 4 heteroatoms. The molecule has 1 amide bonds. The van der Waals surface area contributed by atoms with Gasteiger partial charge in [0.15, 0.2) is 0 Å². The number of aryl methyl sites for hydroxylation is 1. The van der Waals surface area contributed by atoms with Crippen LogP contribution in [0.15, 0.2) is 18.2 Å². The SMILES string of the molecule is Cc1ccc(N)cc1C(=O)NCC1CCCCS1. The maximum atomic E-state index is 12.1. The van der Waals surface area contributed by atoms with Gasteiger partial charge in [0.2, 0.25) is 0 Å². The molecule has 0 aromatic heterocycles. The highest BCUT2D eigenvalue weighted by molar-refractivity contribution is 7.99. The molecular weight excluding hydrogens is 244 g/mol. The fourth-order valence-corrected chi connectivity index (χ4v) is 3.39. The molecule has 98 valence electrons. The summed E-state index contributed by atoms with van der Waals surface area (Å²) in [5.74, 6) is 1.21. The molecule has 1 atom stereocenters. The maximum Gasteiger partial charge on any atom is 0.251 e. The van der Waals surface area contributed by atoms with Crippen molar-refractivity contribution < 1.29 is 4.79 Å². The Labute approximate surface area is 113 Å². The van der Waals surface area contributed by atoms with Gasteiger partial charge in [-0.05, 0) is 43.2 Å². The van der Waals surface area contributed by atoms with Gasteiger partial charge in [0.1, 0.15) is 0 Å². The van der Waals surface area contributed by atoms with Gasteiger partial charge in [0.05, 0.1) is 0 Å². The number of anilines is 1. The molecule has 0 aliphatic carbocycles. The first-order valence-electron chi connectivity index (χ1n) is 6.43. The van der Waals surface area contributed by atoms with E-state index in [1.807, 2.05) is 30.8 Å². The van der Waals surface area contributed by atoms with Crippen molar-refractivity contribution in [2.75, 3.05) is 18.0 Å². The number of amides is 1. The van der Waals surface area contributed by atoms with Crippen LogP contribution in [0.5, 0.6) is 0 Å². The predicted molar refractivity (Wildman–Crippen MR) is 78.0 cm³/mol. The summed E-state index contributed by atoms with van der Waals surface area (Å²) in [6, 6.07) is 5.46. The molecule has 1 unspecified atom stereocenters. The quantitative estimate of drug-likeness (QED) is 0.825. The number of rotatable bonds is 3. The van der Waals surface area contributed by atoms with E-state index < -0.39 is 0 Å². The Bertz CT molecular complexity index is 428. The summed E-state index contributed by atoms with van der Waals surface area (Å²) >= 11 is 1.97. The zero-order chi connectivity index (χ0) is 13.0. The lowest BCUT2D eigenvalue weighted by molar-refractivity contribution is 0.0953. The van der Waals surface area contributed by atoms with Gasteiger partial charge in [0, 0.05) is 23.0 Å². The van der Waals surface area contributed by atoms with Gasteiger partial charge >= 0.3 is 0 Å². The Morgan fingerprint density at radius 3 is 3.06 bits per heavy atom. The molecule has 1 saturated heterocycles. The summed E-state index contributed by atoms with van der Waals surface area (Å²) in [4.78, 5) is 12.1. The van der Waals surface area contributed by atoms with Gasteiger partial charge in [-0.25, -0.2) is 0 Å². The van der Waals surface area contributed by atoms with E-state index in [0.717, 1.165) is 12.1 Å². The molecule has 0 saturated carbocycles. The van der Waals surface area contributed by atoms with Crippen LogP contribution in [0.2, 0.25) is 0 Å². The third kappa shape index (κ3) is 3.42. The number of carbonyl (C=O) groups excluding carboxylic acids is 1.